The van der Waals surface area contributed by atoms with Crippen LogP contribution in [-0.4, -0.2) is 50.5 Å². The zero-order valence-corrected chi connectivity index (χ0v) is 17.8. The Balaban J connectivity index is 1.92. The van der Waals surface area contributed by atoms with E-state index in [1.807, 2.05) is 55.5 Å². The summed E-state index contributed by atoms with van der Waals surface area (Å²) in [7, 11) is 4.88. The minimum absolute atomic E-state index is 0.0745. The van der Waals surface area contributed by atoms with Crippen molar-refractivity contribution in [2.24, 2.45) is 4.99 Å². The third-order valence-corrected chi connectivity index (χ3v) is 5.47. The van der Waals surface area contributed by atoms with E-state index >= 15 is 0 Å². The van der Waals surface area contributed by atoms with Crippen molar-refractivity contribution < 1.29 is 19.0 Å². The molecule has 0 aromatic heterocycles. The van der Waals surface area contributed by atoms with Gasteiger partial charge in [-0.25, -0.2) is 4.99 Å². The Morgan fingerprint density at radius 1 is 1.03 bits per heavy atom. The number of benzene rings is 2. The van der Waals surface area contributed by atoms with Gasteiger partial charge in [0.15, 0.2) is 5.17 Å². The lowest BCUT2D eigenvalue weighted by Crippen LogP contribution is -2.32. The molecule has 2 aromatic carbocycles. The van der Waals surface area contributed by atoms with E-state index in [2.05, 4.69) is 4.99 Å². The number of hydrogen-bond acceptors (Lipinski definition) is 6. The quantitative estimate of drug-likeness (QED) is 0.636. The average Bonchev–Trinajstić information content (AvgIpc) is 3.02. The molecule has 29 heavy (non-hydrogen) atoms. The van der Waals surface area contributed by atoms with Gasteiger partial charge in [-0.3, -0.25) is 9.69 Å². The molecule has 0 spiro atoms. The highest BCUT2D eigenvalue weighted by Gasteiger charge is 2.33. The molecule has 0 atom stereocenters. The first-order valence-electron chi connectivity index (χ1n) is 9.13. The van der Waals surface area contributed by atoms with Crippen LogP contribution >= 0.6 is 11.8 Å². The molecule has 1 aliphatic heterocycles. The fraction of sp³-hybridized carbons (Fsp3) is 0.273. The third kappa shape index (κ3) is 4.99. The number of ether oxygens (including phenoxy) is 3. The lowest BCUT2D eigenvalue weighted by molar-refractivity contribution is -0.122. The number of hydrogen-bond donors (Lipinski definition) is 0. The molecule has 2 aromatic rings. The predicted molar refractivity (Wildman–Crippen MR) is 117 cm³/mol. The Morgan fingerprint density at radius 2 is 1.72 bits per heavy atom. The van der Waals surface area contributed by atoms with Gasteiger partial charge in [0.2, 0.25) is 0 Å². The summed E-state index contributed by atoms with van der Waals surface area (Å²) in [5.74, 6) is 1.48. The summed E-state index contributed by atoms with van der Waals surface area (Å²) in [5.41, 5.74) is 2.76. The highest BCUT2D eigenvalue weighted by atomic mass is 32.2. The number of carbonyl (C=O) groups excluding carboxylic acids is 1. The number of aryl methyl sites for hydroxylation is 1. The van der Waals surface area contributed by atoms with Gasteiger partial charge in [-0.15, -0.1) is 0 Å². The Bertz CT molecular complexity index is 938. The summed E-state index contributed by atoms with van der Waals surface area (Å²) in [5, 5.41) is 0.634. The molecule has 3 rings (SSSR count). The van der Waals surface area contributed by atoms with Crippen LogP contribution < -0.4 is 9.47 Å². The number of amidine groups is 1. The van der Waals surface area contributed by atoms with E-state index in [1.54, 1.807) is 26.2 Å². The molecule has 1 heterocycles. The topological polar surface area (TPSA) is 60.4 Å². The normalized spacial score (nSPS) is 16.7. The van der Waals surface area contributed by atoms with E-state index in [4.69, 9.17) is 14.2 Å². The van der Waals surface area contributed by atoms with Crippen LogP contribution in [-0.2, 0) is 9.53 Å². The van der Waals surface area contributed by atoms with E-state index in [9.17, 15) is 4.79 Å². The van der Waals surface area contributed by atoms with Crippen molar-refractivity contribution in [3.63, 3.8) is 0 Å². The van der Waals surface area contributed by atoms with Crippen molar-refractivity contribution in [2.45, 2.75) is 6.92 Å². The second kappa shape index (κ2) is 9.62. The van der Waals surface area contributed by atoms with Crippen molar-refractivity contribution in [3.8, 4) is 11.5 Å². The van der Waals surface area contributed by atoms with Crippen molar-refractivity contribution >= 4 is 34.6 Å². The average molecular weight is 413 g/mol. The second-order valence-corrected chi connectivity index (χ2v) is 7.38. The summed E-state index contributed by atoms with van der Waals surface area (Å²) in [6.07, 6.45) is 1.90. The van der Waals surface area contributed by atoms with Gasteiger partial charge < -0.3 is 14.2 Å². The van der Waals surface area contributed by atoms with E-state index in [-0.39, 0.29) is 5.91 Å². The van der Waals surface area contributed by atoms with Gasteiger partial charge in [-0.05, 0) is 72.3 Å². The lowest BCUT2D eigenvalue weighted by Gasteiger charge is -2.14. The molecule has 1 amide bonds. The smallest absolute Gasteiger partial charge is 0.266 e. The molecular formula is C22H24N2O4S. The van der Waals surface area contributed by atoms with Gasteiger partial charge in [-0.1, -0.05) is 6.07 Å². The summed E-state index contributed by atoms with van der Waals surface area (Å²) in [6.45, 7) is 2.87. The van der Waals surface area contributed by atoms with Crippen LogP contribution in [0.2, 0.25) is 0 Å². The highest BCUT2D eigenvalue weighted by Crippen LogP contribution is 2.35. The Hall–Kier alpha value is -2.77. The van der Waals surface area contributed by atoms with Gasteiger partial charge in [0.05, 0.1) is 38.0 Å². The second-order valence-electron chi connectivity index (χ2n) is 6.38. The number of aliphatic imine (C=N–C) groups is 1. The molecule has 6 nitrogen and oxygen atoms in total. The number of amides is 1. The van der Waals surface area contributed by atoms with Crippen LogP contribution in [0.3, 0.4) is 0 Å². The lowest BCUT2D eigenvalue weighted by atomic mass is 10.1. The van der Waals surface area contributed by atoms with Gasteiger partial charge in [0.25, 0.3) is 5.91 Å². The minimum atomic E-state index is -0.0745. The van der Waals surface area contributed by atoms with Crippen LogP contribution in [0.15, 0.2) is 52.4 Å². The van der Waals surface area contributed by atoms with Crippen LogP contribution in [0, 0.1) is 6.92 Å². The molecule has 1 saturated heterocycles. The fourth-order valence-corrected chi connectivity index (χ4v) is 3.83. The first kappa shape index (κ1) is 21.0. The van der Waals surface area contributed by atoms with Crippen molar-refractivity contribution in [3.05, 3.63) is 58.5 Å². The number of thioether (sulfide) groups is 1. The summed E-state index contributed by atoms with van der Waals surface area (Å²) in [4.78, 5) is 20.0. The zero-order valence-electron chi connectivity index (χ0n) is 17.0. The largest absolute Gasteiger partial charge is 0.497 e. The van der Waals surface area contributed by atoms with Gasteiger partial charge in [0, 0.05) is 7.11 Å². The van der Waals surface area contributed by atoms with E-state index < -0.39 is 0 Å². The summed E-state index contributed by atoms with van der Waals surface area (Å²) in [6, 6.07) is 13.2. The molecule has 0 saturated carbocycles. The van der Waals surface area contributed by atoms with E-state index in [1.165, 1.54) is 11.8 Å². The monoisotopic (exact) mass is 412 g/mol. The number of nitrogens with zero attached hydrogens (tertiary/aromatic N) is 2. The van der Waals surface area contributed by atoms with E-state index in [0.717, 1.165) is 28.3 Å². The maximum Gasteiger partial charge on any atom is 0.266 e. The van der Waals surface area contributed by atoms with E-state index in [0.29, 0.717) is 23.2 Å². The van der Waals surface area contributed by atoms with Crippen molar-refractivity contribution in [2.75, 3.05) is 34.5 Å². The van der Waals surface area contributed by atoms with Gasteiger partial charge in [-0.2, -0.15) is 0 Å². The first-order valence-corrected chi connectivity index (χ1v) is 9.95. The maximum absolute atomic E-state index is 13.0. The van der Waals surface area contributed by atoms with Crippen molar-refractivity contribution in [1.82, 2.24) is 4.90 Å². The molecule has 7 heteroatoms. The van der Waals surface area contributed by atoms with Crippen LogP contribution in [0.25, 0.3) is 6.08 Å². The summed E-state index contributed by atoms with van der Waals surface area (Å²) < 4.78 is 15.6. The van der Waals surface area contributed by atoms with Gasteiger partial charge >= 0.3 is 0 Å². The van der Waals surface area contributed by atoms with Crippen LogP contribution in [0.1, 0.15) is 11.1 Å². The minimum Gasteiger partial charge on any atom is -0.497 e. The number of rotatable bonds is 7. The molecule has 152 valence electrons. The Kier molecular flexibility index (Phi) is 6.95. The molecule has 0 radical (unpaired) electrons. The maximum atomic E-state index is 13.0. The third-order valence-electron chi connectivity index (χ3n) is 4.47. The molecule has 1 fully saturated rings. The Morgan fingerprint density at radius 3 is 2.34 bits per heavy atom. The predicted octanol–water partition coefficient (Wildman–Crippen LogP) is 4.26. The zero-order chi connectivity index (χ0) is 20.8. The van der Waals surface area contributed by atoms with Crippen LogP contribution in [0.4, 0.5) is 5.69 Å². The van der Waals surface area contributed by atoms with Gasteiger partial charge in [0.1, 0.15) is 11.5 Å². The highest BCUT2D eigenvalue weighted by molar-refractivity contribution is 8.18. The van der Waals surface area contributed by atoms with Crippen LogP contribution in [0.5, 0.6) is 11.5 Å². The molecular weight excluding hydrogens is 388 g/mol. The SMILES string of the molecule is COCCN1C(=O)/C(=C/c2ccc(OC)cc2C)SC1=Nc1ccc(OC)cc1. The Labute approximate surface area is 175 Å². The molecule has 0 bridgehead atoms. The molecule has 0 unspecified atom stereocenters. The summed E-state index contributed by atoms with van der Waals surface area (Å²) >= 11 is 1.37. The molecule has 0 N–H and O–H groups in total. The first-order chi connectivity index (χ1) is 14.0. The number of carbonyl (C=O) groups is 1. The molecule has 1 aliphatic rings. The van der Waals surface area contributed by atoms with Crippen molar-refractivity contribution in [1.29, 1.82) is 0 Å². The molecule has 0 aliphatic carbocycles. The fourth-order valence-electron chi connectivity index (χ4n) is 2.82. The number of methoxy groups -OCH3 is 3. The standard InChI is InChI=1S/C22H24N2O4S/c1-15-13-19(28-4)8-5-16(15)14-20-21(25)24(11-12-26-2)22(29-20)23-17-6-9-18(27-3)10-7-17/h5-10,13-14H,11-12H2,1-4H3/b20-14-,23-22?.